The highest BCUT2D eigenvalue weighted by molar-refractivity contribution is 7.22. The number of nitrogens with zero attached hydrogens (tertiary/aromatic N) is 3. The van der Waals surface area contributed by atoms with E-state index in [0.29, 0.717) is 0 Å². The van der Waals surface area contributed by atoms with E-state index < -0.39 is 0 Å². The maximum absolute atomic E-state index is 4.64. The summed E-state index contributed by atoms with van der Waals surface area (Å²) in [5.74, 6) is 0. The van der Waals surface area contributed by atoms with Crippen molar-refractivity contribution >= 4 is 26.7 Å². The second-order valence-electron chi connectivity index (χ2n) is 3.62. The fraction of sp³-hybridized carbons (Fsp3) is 0.364. The zero-order valence-corrected chi connectivity index (χ0v) is 9.20. The summed E-state index contributed by atoms with van der Waals surface area (Å²) >= 11 is 1.78. The number of aromatic nitrogens is 1. The summed E-state index contributed by atoms with van der Waals surface area (Å²) in [5.41, 5.74) is 1.11. The summed E-state index contributed by atoms with van der Waals surface area (Å²) in [6.45, 7) is 3.91. The van der Waals surface area contributed by atoms with Crippen LogP contribution >= 0.6 is 11.3 Å². The van der Waals surface area contributed by atoms with Crippen LogP contribution in [0.2, 0.25) is 0 Å². The molecule has 1 saturated heterocycles. The lowest BCUT2D eigenvalue weighted by atomic mass is 10.3. The molecule has 4 heteroatoms. The molecule has 0 atom stereocenters. The Morgan fingerprint density at radius 2 is 1.93 bits per heavy atom. The number of hydrogen-bond donors (Lipinski definition) is 0. The summed E-state index contributed by atoms with van der Waals surface area (Å²) in [6, 6.07) is 8.31. The quantitative estimate of drug-likeness (QED) is 0.729. The smallest absolute Gasteiger partial charge is 0.186 e. The van der Waals surface area contributed by atoms with Crippen molar-refractivity contribution in [2.45, 2.75) is 0 Å². The molecule has 2 heterocycles. The van der Waals surface area contributed by atoms with Crippen LogP contribution in [-0.4, -0.2) is 31.2 Å². The normalized spacial score (nSPS) is 17.2. The van der Waals surface area contributed by atoms with Crippen molar-refractivity contribution in [1.82, 2.24) is 10.3 Å². The van der Waals surface area contributed by atoms with Crippen molar-refractivity contribution in [1.29, 1.82) is 0 Å². The summed E-state index contributed by atoms with van der Waals surface area (Å²) in [6.07, 6.45) is 0. The predicted octanol–water partition coefficient (Wildman–Crippen LogP) is 1.72. The van der Waals surface area contributed by atoms with E-state index in [9.17, 15) is 0 Å². The highest BCUT2D eigenvalue weighted by Crippen LogP contribution is 2.28. The van der Waals surface area contributed by atoms with Crippen LogP contribution in [0.5, 0.6) is 0 Å². The molecule has 0 amide bonds. The van der Waals surface area contributed by atoms with Gasteiger partial charge >= 0.3 is 0 Å². The molecule has 3 nitrogen and oxygen atoms in total. The third-order valence-corrected chi connectivity index (χ3v) is 3.71. The van der Waals surface area contributed by atoms with Crippen molar-refractivity contribution in [2.75, 3.05) is 31.1 Å². The Balaban J connectivity index is 1.96. The van der Waals surface area contributed by atoms with Crippen molar-refractivity contribution < 1.29 is 0 Å². The number of thiazole rings is 1. The Bertz CT molecular complexity index is 427. The number of piperazine rings is 1. The van der Waals surface area contributed by atoms with Crippen molar-refractivity contribution in [3.05, 3.63) is 24.3 Å². The zero-order valence-electron chi connectivity index (χ0n) is 8.39. The molecule has 1 aliphatic heterocycles. The van der Waals surface area contributed by atoms with E-state index in [4.69, 9.17) is 0 Å². The standard InChI is InChI=1S/C11H12N3S/c1-2-4-10-9(3-1)13-11(15-10)14-7-5-12-6-8-14/h1-4H,5-8H2. The van der Waals surface area contributed by atoms with Crippen molar-refractivity contribution in [3.8, 4) is 0 Å². The number of rotatable bonds is 1. The number of hydrogen-bond acceptors (Lipinski definition) is 3. The first-order chi connectivity index (χ1) is 7.43. The van der Waals surface area contributed by atoms with Gasteiger partial charge in [-0.05, 0) is 12.1 Å². The van der Waals surface area contributed by atoms with Crippen LogP contribution < -0.4 is 10.2 Å². The van der Waals surface area contributed by atoms with E-state index in [1.165, 1.54) is 4.70 Å². The highest BCUT2D eigenvalue weighted by Gasteiger charge is 2.14. The number of para-hydroxylation sites is 1. The second-order valence-corrected chi connectivity index (χ2v) is 4.63. The van der Waals surface area contributed by atoms with Crippen LogP contribution in [0.25, 0.3) is 10.2 Å². The highest BCUT2D eigenvalue weighted by atomic mass is 32.1. The molecule has 0 N–H and O–H groups in total. The van der Waals surface area contributed by atoms with E-state index in [0.717, 1.165) is 36.8 Å². The minimum Gasteiger partial charge on any atom is -0.345 e. The molecule has 3 rings (SSSR count). The fourth-order valence-electron chi connectivity index (χ4n) is 1.79. The van der Waals surface area contributed by atoms with Gasteiger partial charge in [-0.3, -0.25) is 0 Å². The first-order valence-electron chi connectivity index (χ1n) is 5.17. The van der Waals surface area contributed by atoms with Crippen LogP contribution in [-0.2, 0) is 0 Å². The van der Waals surface area contributed by atoms with E-state index in [-0.39, 0.29) is 0 Å². The molecule has 2 aromatic rings. The first kappa shape index (κ1) is 9.12. The lowest BCUT2D eigenvalue weighted by molar-refractivity contribution is 0.578. The molecule has 1 aromatic carbocycles. The van der Waals surface area contributed by atoms with Gasteiger partial charge in [0.2, 0.25) is 0 Å². The largest absolute Gasteiger partial charge is 0.345 e. The molecule has 0 spiro atoms. The van der Waals surface area contributed by atoms with Gasteiger partial charge in [-0.1, -0.05) is 23.5 Å². The molecule has 15 heavy (non-hydrogen) atoms. The molecule has 77 valence electrons. The molecule has 0 aliphatic carbocycles. The average Bonchev–Trinajstić information content (AvgIpc) is 2.74. The van der Waals surface area contributed by atoms with Gasteiger partial charge in [0.05, 0.1) is 10.2 Å². The number of fused-ring (bicyclic) bond motifs is 1. The molecule has 1 aromatic heterocycles. The summed E-state index contributed by atoms with van der Waals surface area (Å²) < 4.78 is 1.27. The van der Waals surface area contributed by atoms with E-state index in [1.807, 2.05) is 6.07 Å². The molecular formula is C11H12N3S. The third kappa shape index (κ3) is 1.70. The summed E-state index contributed by atoms with van der Waals surface area (Å²) in [7, 11) is 0. The lowest BCUT2D eigenvalue weighted by Gasteiger charge is -2.25. The van der Waals surface area contributed by atoms with E-state index >= 15 is 0 Å². The van der Waals surface area contributed by atoms with Crippen LogP contribution in [0.3, 0.4) is 0 Å². The zero-order chi connectivity index (χ0) is 10.1. The SMILES string of the molecule is c1ccc2sc(N3CC[N]CC3)nc2c1. The van der Waals surface area contributed by atoms with Crippen molar-refractivity contribution in [2.24, 2.45) is 0 Å². The van der Waals surface area contributed by atoms with Crippen LogP contribution in [0.4, 0.5) is 5.13 Å². The maximum atomic E-state index is 4.64. The Kier molecular flexibility index (Phi) is 2.31. The molecule has 1 fully saturated rings. The maximum Gasteiger partial charge on any atom is 0.186 e. The van der Waals surface area contributed by atoms with Gasteiger partial charge in [0, 0.05) is 26.2 Å². The van der Waals surface area contributed by atoms with Crippen LogP contribution in [0.1, 0.15) is 0 Å². The Morgan fingerprint density at radius 3 is 2.73 bits per heavy atom. The van der Waals surface area contributed by atoms with Gasteiger partial charge in [-0.15, -0.1) is 0 Å². The van der Waals surface area contributed by atoms with Gasteiger partial charge in [0.1, 0.15) is 0 Å². The predicted molar refractivity (Wildman–Crippen MR) is 63.7 cm³/mol. The summed E-state index contributed by atoms with van der Waals surface area (Å²) in [4.78, 5) is 6.97. The minimum atomic E-state index is 0.940. The molecule has 1 aliphatic rings. The molecule has 0 bridgehead atoms. The van der Waals surface area contributed by atoms with Gasteiger partial charge in [0.15, 0.2) is 5.13 Å². The Morgan fingerprint density at radius 1 is 1.13 bits per heavy atom. The van der Waals surface area contributed by atoms with Gasteiger partial charge in [-0.2, -0.15) is 0 Å². The van der Waals surface area contributed by atoms with Crippen molar-refractivity contribution in [3.63, 3.8) is 0 Å². The first-order valence-corrected chi connectivity index (χ1v) is 5.99. The van der Waals surface area contributed by atoms with Crippen LogP contribution in [0, 0.1) is 0 Å². The van der Waals surface area contributed by atoms with E-state index in [1.54, 1.807) is 11.3 Å². The fourth-order valence-corrected chi connectivity index (χ4v) is 2.81. The Hall–Kier alpha value is -1.13. The van der Waals surface area contributed by atoms with E-state index in [2.05, 4.69) is 33.4 Å². The molecule has 1 radical (unpaired) electrons. The third-order valence-electron chi connectivity index (χ3n) is 2.61. The number of anilines is 1. The van der Waals surface area contributed by atoms with Gasteiger partial charge < -0.3 is 4.90 Å². The Labute approximate surface area is 92.7 Å². The minimum absolute atomic E-state index is 0.940. The molecule has 0 unspecified atom stereocenters. The van der Waals surface area contributed by atoms with Crippen LogP contribution in [0.15, 0.2) is 24.3 Å². The average molecular weight is 218 g/mol. The van der Waals surface area contributed by atoms with Gasteiger partial charge in [0.25, 0.3) is 0 Å². The lowest BCUT2D eigenvalue weighted by Crippen LogP contribution is -2.40. The molecular weight excluding hydrogens is 206 g/mol. The monoisotopic (exact) mass is 218 g/mol. The second kappa shape index (κ2) is 3.79. The molecule has 0 saturated carbocycles. The van der Waals surface area contributed by atoms with Gasteiger partial charge in [-0.25, -0.2) is 10.3 Å². The number of benzene rings is 1. The topological polar surface area (TPSA) is 30.2 Å². The summed E-state index contributed by atoms with van der Waals surface area (Å²) in [5, 5.41) is 5.49.